The van der Waals surface area contributed by atoms with E-state index in [0.717, 1.165) is 13.1 Å². The molecule has 0 spiro atoms. The first kappa shape index (κ1) is 18.5. The van der Waals surface area contributed by atoms with Crippen molar-refractivity contribution in [1.29, 1.82) is 0 Å². The maximum Gasteiger partial charge on any atom is 0.349 e. The number of aliphatic imine (C=N–C) groups is 1. The second kappa shape index (κ2) is 11.3. The molecule has 20 heavy (non-hydrogen) atoms. The van der Waals surface area contributed by atoms with Crippen molar-refractivity contribution < 1.29 is 19.8 Å². The number of hydrogen-bond donors (Lipinski definition) is 5. The van der Waals surface area contributed by atoms with E-state index in [1.807, 2.05) is 0 Å². The van der Waals surface area contributed by atoms with Crippen molar-refractivity contribution in [2.24, 2.45) is 4.99 Å². The molecule has 0 bridgehead atoms. The Morgan fingerprint density at radius 1 is 1.05 bits per heavy atom. The second-order valence-electron chi connectivity index (χ2n) is 4.29. The summed E-state index contributed by atoms with van der Waals surface area (Å²) in [5.41, 5.74) is 0.114. The Balaban J connectivity index is 3.31. The van der Waals surface area contributed by atoms with Gasteiger partial charge in [-0.25, -0.2) is 4.79 Å². The molecule has 0 saturated heterocycles. The van der Waals surface area contributed by atoms with Gasteiger partial charge in [0.2, 0.25) is 0 Å². The lowest BCUT2D eigenvalue weighted by molar-refractivity contribution is -0.139. The molecule has 0 fully saturated rings. The summed E-state index contributed by atoms with van der Waals surface area (Å²) in [5.74, 6) is -1.85. The maximum absolute atomic E-state index is 10.5. The van der Waals surface area contributed by atoms with E-state index in [9.17, 15) is 9.59 Å². The van der Waals surface area contributed by atoms with E-state index in [2.05, 4.69) is 20.9 Å². The topological polar surface area (TPSA) is 123 Å². The van der Waals surface area contributed by atoms with Crippen LogP contribution in [-0.4, -0.2) is 73.2 Å². The summed E-state index contributed by atoms with van der Waals surface area (Å²) < 4.78 is 0. The monoisotopic (exact) mass is 288 g/mol. The van der Waals surface area contributed by atoms with Crippen LogP contribution in [0.5, 0.6) is 0 Å². The Hall–Kier alpha value is -1.51. The van der Waals surface area contributed by atoms with Gasteiger partial charge in [0.25, 0.3) is 0 Å². The van der Waals surface area contributed by atoms with Crippen molar-refractivity contribution in [2.45, 2.75) is 19.9 Å². The minimum atomic E-state index is -0.991. The lowest BCUT2D eigenvalue weighted by atomic mass is 10.3. The van der Waals surface area contributed by atoms with E-state index < -0.39 is 18.0 Å². The van der Waals surface area contributed by atoms with Gasteiger partial charge in [-0.3, -0.25) is 9.79 Å². The molecule has 0 aromatic carbocycles. The van der Waals surface area contributed by atoms with Crippen molar-refractivity contribution in [3.8, 4) is 0 Å². The molecule has 0 heterocycles. The summed E-state index contributed by atoms with van der Waals surface area (Å²) in [7, 11) is 0. The van der Waals surface area contributed by atoms with Crippen LogP contribution in [0.25, 0.3) is 0 Å². The quantitative estimate of drug-likeness (QED) is 0.225. The third kappa shape index (κ3) is 10.4. The summed E-state index contributed by atoms with van der Waals surface area (Å²) in [4.78, 5) is 24.8. The summed E-state index contributed by atoms with van der Waals surface area (Å²) >= 11 is 0. The van der Waals surface area contributed by atoms with Crippen LogP contribution in [0.1, 0.15) is 13.8 Å². The molecule has 0 aromatic heterocycles. The van der Waals surface area contributed by atoms with E-state index in [1.54, 1.807) is 6.92 Å². The zero-order valence-corrected chi connectivity index (χ0v) is 12.0. The summed E-state index contributed by atoms with van der Waals surface area (Å²) in [6, 6.07) is -0.537. The molecule has 8 heteroatoms. The first-order chi connectivity index (χ1) is 9.45. The minimum absolute atomic E-state index is 0.114. The molecule has 0 radical (unpaired) electrons. The van der Waals surface area contributed by atoms with Crippen LogP contribution in [-0.2, 0) is 9.59 Å². The summed E-state index contributed by atoms with van der Waals surface area (Å²) in [5, 5.41) is 26.3. The Morgan fingerprint density at radius 2 is 1.60 bits per heavy atom. The number of carbonyl (C=O) groups is 2. The molecular weight excluding hydrogens is 264 g/mol. The zero-order valence-electron chi connectivity index (χ0n) is 12.0. The first-order valence-corrected chi connectivity index (χ1v) is 6.57. The molecule has 116 valence electrons. The first-order valence-electron chi connectivity index (χ1n) is 6.57. The molecule has 0 rings (SSSR count). The van der Waals surface area contributed by atoms with E-state index in [0.29, 0.717) is 26.2 Å². The lowest BCUT2D eigenvalue weighted by Crippen LogP contribution is -2.39. The third-order valence-corrected chi connectivity index (χ3v) is 2.55. The molecule has 0 aliphatic carbocycles. The molecule has 1 atom stereocenters. The fraction of sp³-hybridized carbons (Fsp3) is 0.750. The number of rotatable bonds is 12. The van der Waals surface area contributed by atoms with E-state index in [-0.39, 0.29) is 5.71 Å². The van der Waals surface area contributed by atoms with Gasteiger partial charge in [0.15, 0.2) is 0 Å². The van der Waals surface area contributed by atoms with Crippen LogP contribution in [0.4, 0.5) is 0 Å². The highest BCUT2D eigenvalue weighted by Gasteiger charge is 2.07. The van der Waals surface area contributed by atoms with Gasteiger partial charge in [-0.15, -0.1) is 0 Å². The SMILES string of the molecule is CC(=NCCNCCNCCN[C@H](C)C(=O)O)C(=O)O. The fourth-order valence-electron chi connectivity index (χ4n) is 1.26. The number of hydrogen-bond acceptors (Lipinski definition) is 6. The highest BCUT2D eigenvalue weighted by molar-refractivity contribution is 6.34. The summed E-state index contributed by atoms with van der Waals surface area (Å²) in [6.07, 6.45) is 0. The minimum Gasteiger partial charge on any atom is -0.480 e. The number of carboxylic acids is 2. The largest absolute Gasteiger partial charge is 0.480 e. The second-order valence-corrected chi connectivity index (χ2v) is 4.29. The average Bonchev–Trinajstić information content (AvgIpc) is 2.39. The van der Waals surface area contributed by atoms with Gasteiger partial charge in [-0.1, -0.05) is 0 Å². The van der Waals surface area contributed by atoms with Gasteiger partial charge in [0.05, 0.1) is 6.54 Å². The summed E-state index contributed by atoms with van der Waals surface area (Å²) in [6.45, 7) is 6.92. The molecule has 0 saturated carbocycles. The Morgan fingerprint density at radius 3 is 2.15 bits per heavy atom. The highest BCUT2D eigenvalue weighted by Crippen LogP contribution is 1.79. The third-order valence-electron chi connectivity index (χ3n) is 2.55. The molecule has 0 aromatic rings. The predicted molar refractivity (Wildman–Crippen MR) is 76.5 cm³/mol. The number of aliphatic carboxylic acids is 2. The smallest absolute Gasteiger partial charge is 0.349 e. The molecule has 0 amide bonds. The Labute approximate surface area is 118 Å². The highest BCUT2D eigenvalue weighted by atomic mass is 16.4. The van der Waals surface area contributed by atoms with E-state index >= 15 is 0 Å². The molecule has 0 aliphatic rings. The van der Waals surface area contributed by atoms with Gasteiger partial charge in [-0.05, 0) is 13.8 Å². The lowest BCUT2D eigenvalue weighted by Gasteiger charge is -2.09. The van der Waals surface area contributed by atoms with Gasteiger partial charge in [0, 0.05) is 32.7 Å². The Bertz CT molecular complexity index is 333. The van der Waals surface area contributed by atoms with Crippen LogP contribution in [0.15, 0.2) is 4.99 Å². The average molecular weight is 288 g/mol. The van der Waals surface area contributed by atoms with Crippen molar-refractivity contribution >= 4 is 17.7 Å². The number of carboxylic acid groups (broad SMARTS) is 2. The van der Waals surface area contributed by atoms with Crippen molar-refractivity contribution in [3.63, 3.8) is 0 Å². The van der Waals surface area contributed by atoms with Crippen LogP contribution in [0, 0.1) is 0 Å². The van der Waals surface area contributed by atoms with Gasteiger partial charge in [0.1, 0.15) is 11.8 Å². The molecule has 5 N–H and O–H groups in total. The van der Waals surface area contributed by atoms with Crippen molar-refractivity contribution in [3.05, 3.63) is 0 Å². The maximum atomic E-state index is 10.5. The van der Waals surface area contributed by atoms with Crippen LogP contribution in [0.2, 0.25) is 0 Å². The fourth-order valence-corrected chi connectivity index (χ4v) is 1.26. The Kier molecular flexibility index (Phi) is 10.5. The standard InChI is InChI=1S/C12H24N4O4/c1-9(11(17)18)15-7-5-13-3-4-14-6-8-16-10(2)12(19)20/h9,13-15H,3-8H2,1-2H3,(H,17,18)(H,19,20)/t9-/m1/s1. The zero-order chi connectivity index (χ0) is 15.4. The van der Waals surface area contributed by atoms with Gasteiger partial charge in [-0.2, -0.15) is 0 Å². The van der Waals surface area contributed by atoms with Gasteiger partial charge >= 0.3 is 11.9 Å². The van der Waals surface area contributed by atoms with E-state index in [4.69, 9.17) is 10.2 Å². The van der Waals surface area contributed by atoms with Crippen LogP contribution in [0.3, 0.4) is 0 Å². The van der Waals surface area contributed by atoms with Crippen LogP contribution >= 0.6 is 0 Å². The number of nitrogens with zero attached hydrogens (tertiary/aromatic N) is 1. The predicted octanol–water partition coefficient (Wildman–Crippen LogP) is -1.23. The van der Waals surface area contributed by atoms with Crippen LogP contribution < -0.4 is 16.0 Å². The van der Waals surface area contributed by atoms with Gasteiger partial charge < -0.3 is 26.2 Å². The molecule has 0 aliphatic heterocycles. The molecule has 0 unspecified atom stereocenters. The van der Waals surface area contributed by atoms with Crippen molar-refractivity contribution in [2.75, 3.05) is 39.3 Å². The molecular formula is C12H24N4O4. The van der Waals surface area contributed by atoms with Crippen molar-refractivity contribution in [1.82, 2.24) is 16.0 Å². The van der Waals surface area contributed by atoms with E-state index in [1.165, 1.54) is 6.92 Å². The molecule has 8 nitrogen and oxygen atoms in total. The number of nitrogens with one attached hydrogen (secondary N) is 3. The normalized spacial score (nSPS) is 13.2.